The standard InChI is InChI=1S/C25H23ClN4O5/c1-34-22-12-18(15-28-30-25(33)24(32)29-20-9-5-8-19(26)13-20)10-11-21(22)35-16-23(31)27-14-17-6-3-2-4-7-17/h2-13,15H,14,16H2,1H3,(H,27,31)(H,29,32)(H,30,33). The Morgan fingerprint density at radius 3 is 2.49 bits per heavy atom. The lowest BCUT2D eigenvalue weighted by Gasteiger charge is -2.11. The van der Waals surface area contributed by atoms with Crippen LogP contribution < -0.4 is 25.5 Å². The summed E-state index contributed by atoms with van der Waals surface area (Å²) in [6, 6.07) is 20.8. The Bertz CT molecular complexity index is 1220. The fourth-order valence-corrected chi connectivity index (χ4v) is 3.04. The number of hydrazone groups is 1. The number of carbonyl (C=O) groups excluding carboxylic acids is 3. The normalized spacial score (nSPS) is 10.5. The third-order valence-corrected chi connectivity index (χ3v) is 4.78. The van der Waals surface area contributed by atoms with Gasteiger partial charge in [-0.3, -0.25) is 14.4 Å². The number of hydrogen-bond donors (Lipinski definition) is 3. The van der Waals surface area contributed by atoms with Gasteiger partial charge in [0.2, 0.25) is 0 Å². The Morgan fingerprint density at radius 1 is 0.943 bits per heavy atom. The minimum atomic E-state index is -0.949. The van der Waals surface area contributed by atoms with Gasteiger partial charge in [-0.15, -0.1) is 0 Å². The van der Waals surface area contributed by atoms with E-state index in [1.807, 2.05) is 30.3 Å². The van der Waals surface area contributed by atoms with E-state index in [0.29, 0.717) is 34.3 Å². The highest BCUT2D eigenvalue weighted by Crippen LogP contribution is 2.27. The second-order valence-electron chi connectivity index (χ2n) is 7.12. The van der Waals surface area contributed by atoms with Crippen LogP contribution in [0.4, 0.5) is 5.69 Å². The number of nitrogens with one attached hydrogen (secondary N) is 3. The zero-order valence-electron chi connectivity index (χ0n) is 18.8. The first kappa shape index (κ1) is 25.3. The Kier molecular flexibility index (Phi) is 9.21. The molecule has 0 aromatic heterocycles. The number of hydrogen-bond acceptors (Lipinski definition) is 6. The number of benzene rings is 3. The summed E-state index contributed by atoms with van der Waals surface area (Å²) in [5.41, 5.74) is 4.08. The molecule has 10 heteroatoms. The van der Waals surface area contributed by atoms with Crippen molar-refractivity contribution < 1.29 is 23.9 Å². The van der Waals surface area contributed by atoms with Gasteiger partial charge in [0.1, 0.15) is 0 Å². The molecule has 0 aliphatic heterocycles. The molecule has 180 valence electrons. The summed E-state index contributed by atoms with van der Waals surface area (Å²) in [7, 11) is 1.46. The lowest BCUT2D eigenvalue weighted by atomic mass is 10.2. The van der Waals surface area contributed by atoms with Crippen LogP contribution in [0.15, 0.2) is 77.9 Å². The largest absolute Gasteiger partial charge is 0.493 e. The van der Waals surface area contributed by atoms with E-state index in [1.54, 1.807) is 36.4 Å². The van der Waals surface area contributed by atoms with E-state index in [-0.39, 0.29) is 12.5 Å². The summed E-state index contributed by atoms with van der Waals surface area (Å²) in [5, 5.41) is 9.41. The van der Waals surface area contributed by atoms with Crippen LogP contribution >= 0.6 is 11.6 Å². The molecule has 0 aliphatic carbocycles. The molecule has 0 spiro atoms. The molecule has 0 atom stereocenters. The van der Waals surface area contributed by atoms with Gasteiger partial charge in [0.25, 0.3) is 5.91 Å². The monoisotopic (exact) mass is 494 g/mol. The highest BCUT2D eigenvalue weighted by Gasteiger charge is 2.13. The van der Waals surface area contributed by atoms with Gasteiger partial charge < -0.3 is 20.1 Å². The van der Waals surface area contributed by atoms with Crippen LogP contribution in [0.25, 0.3) is 0 Å². The van der Waals surface area contributed by atoms with Crippen LogP contribution in [0.1, 0.15) is 11.1 Å². The van der Waals surface area contributed by atoms with Crippen molar-refractivity contribution in [3.05, 3.63) is 88.9 Å². The molecule has 0 radical (unpaired) electrons. The molecule has 35 heavy (non-hydrogen) atoms. The van der Waals surface area contributed by atoms with Crippen LogP contribution in [-0.4, -0.2) is 37.7 Å². The zero-order valence-corrected chi connectivity index (χ0v) is 19.5. The van der Waals surface area contributed by atoms with Crippen molar-refractivity contribution >= 4 is 41.2 Å². The summed E-state index contributed by atoms with van der Waals surface area (Å²) < 4.78 is 10.9. The molecule has 0 saturated heterocycles. The predicted molar refractivity (Wildman–Crippen MR) is 133 cm³/mol. The summed E-state index contributed by atoms with van der Waals surface area (Å²) in [4.78, 5) is 36.0. The molecule has 3 amide bonds. The summed E-state index contributed by atoms with van der Waals surface area (Å²) in [6.45, 7) is 0.215. The fraction of sp³-hybridized carbons (Fsp3) is 0.120. The molecular weight excluding hydrogens is 472 g/mol. The SMILES string of the molecule is COc1cc(C=NNC(=O)C(=O)Nc2cccc(Cl)c2)ccc1OCC(=O)NCc1ccccc1. The number of anilines is 1. The van der Waals surface area contributed by atoms with Crippen LogP contribution in [0.2, 0.25) is 5.02 Å². The van der Waals surface area contributed by atoms with E-state index >= 15 is 0 Å². The highest BCUT2D eigenvalue weighted by atomic mass is 35.5. The van der Waals surface area contributed by atoms with E-state index < -0.39 is 11.8 Å². The van der Waals surface area contributed by atoms with Crippen molar-refractivity contribution in [3.8, 4) is 11.5 Å². The highest BCUT2D eigenvalue weighted by molar-refractivity contribution is 6.39. The molecule has 3 rings (SSSR count). The van der Waals surface area contributed by atoms with E-state index in [0.717, 1.165) is 5.56 Å². The van der Waals surface area contributed by atoms with Gasteiger partial charge in [0.05, 0.1) is 13.3 Å². The maximum absolute atomic E-state index is 12.1. The molecule has 3 N–H and O–H groups in total. The molecule has 3 aromatic carbocycles. The molecule has 0 saturated carbocycles. The van der Waals surface area contributed by atoms with Crippen molar-refractivity contribution in [1.29, 1.82) is 0 Å². The van der Waals surface area contributed by atoms with Crippen LogP contribution in [0, 0.1) is 0 Å². The Hall–Kier alpha value is -4.37. The van der Waals surface area contributed by atoms with Gasteiger partial charge in [-0.1, -0.05) is 48.0 Å². The topological polar surface area (TPSA) is 118 Å². The molecule has 9 nitrogen and oxygen atoms in total. The zero-order chi connectivity index (χ0) is 25.0. The van der Waals surface area contributed by atoms with E-state index in [9.17, 15) is 14.4 Å². The number of halogens is 1. The first-order valence-corrected chi connectivity index (χ1v) is 10.8. The van der Waals surface area contributed by atoms with E-state index in [4.69, 9.17) is 21.1 Å². The second-order valence-corrected chi connectivity index (χ2v) is 7.56. The second kappa shape index (κ2) is 12.8. The number of amides is 3. The van der Waals surface area contributed by atoms with Crippen molar-refractivity contribution in [2.45, 2.75) is 6.54 Å². The van der Waals surface area contributed by atoms with Crippen LogP contribution in [0.5, 0.6) is 11.5 Å². The Balaban J connectivity index is 1.49. The van der Waals surface area contributed by atoms with E-state index in [2.05, 4.69) is 21.2 Å². The quantitative estimate of drug-likeness (QED) is 0.240. The molecule has 0 bridgehead atoms. The number of nitrogens with zero attached hydrogens (tertiary/aromatic N) is 1. The van der Waals surface area contributed by atoms with Crippen LogP contribution in [0.3, 0.4) is 0 Å². The molecule has 3 aromatic rings. The van der Waals surface area contributed by atoms with Crippen molar-refractivity contribution in [2.75, 3.05) is 19.0 Å². The fourth-order valence-electron chi connectivity index (χ4n) is 2.84. The Labute approximate surface area is 207 Å². The van der Waals surface area contributed by atoms with Gasteiger partial charge in [0, 0.05) is 17.3 Å². The number of methoxy groups -OCH3 is 1. The maximum atomic E-state index is 12.1. The van der Waals surface area contributed by atoms with Gasteiger partial charge in [-0.2, -0.15) is 5.10 Å². The Morgan fingerprint density at radius 2 is 1.74 bits per heavy atom. The molecular formula is C25H23ClN4O5. The summed E-state index contributed by atoms with van der Waals surface area (Å²) in [6.07, 6.45) is 1.34. The van der Waals surface area contributed by atoms with E-state index in [1.165, 1.54) is 19.4 Å². The summed E-state index contributed by atoms with van der Waals surface area (Å²) in [5.74, 6) is -1.38. The van der Waals surface area contributed by atoms with Gasteiger partial charge in [-0.05, 0) is 47.5 Å². The van der Waals surface area contributed by atoms with Crippen molar-refractivity contribution in [2.24, 2.45) is 5.10 Å². The van der Waals surface area contributed by atoms with Gasteiger partial charge in [-0.25, -0.2) is 5.43 Å². The number of carbonyl (C=O) groups is 3. The van der Waals surface area contributed by atoms with Gasteiger partial charge >= 0.3 is 11.8 Å². The molecule has 0 heterocycles. The van der Waals surface area contributed by atoms with Crippen LogP contribution in [-0.2, 0) is 20.9 Å². The minimum Gasteiger partial charge on any atom is -0.493 e. The minimum absolute atomic E-state index is 0.186. The average Bonchev–Trinajstić information content (AvgIpc) is 2.87. The summed E-state index contributed by atoms with van der Waals surface area (Å²) >= 11 is 5.85. The number of ether oxygens (including phenoxy) is 2. The first-order chi connectivity index (χ1) is 16.9. The van der Waals surface area contributed by atoms with Crippen molar-refractivity contribution in [1.82, 2.24) is 10.7 Å². The smallest absolute Gasteiger partial charge is 0.329 e. The third kappa shape index (κ3) is 8.17. The molecule has 0 fully saturated rings. The lowest BCUT2D eigenvalue weighted by molar-refractivity contribution is -0.136. The van der Waals surface area contributed by atoms with Gasteiger partial charge in [0.15, 0.2) is 18.1 Å². The molecule has 0 unspecified atom stereocenters. The molecule has 0 aliphatic rings. The van der Waals surface area contributed by atoms with Crippen molar-refractivity contribution in [3.63, 3.8) is 0 Å². The maximum Gasteiger partial charge on any atom is 0.329 e. The third-order valence-electron chi connectivity index (χ3n) is 4.55. The number of rotatable bonds is 9. The lowest BCUT2D eigenvalue weighted by Crippen LogP contribution is -2.32. The first-order valence-electron chi connectivity index (χ1n) is 10.5. The average molecular weight is 495 g/mol. The predicted octanol–water partition coefficient (Wildman–Crippen LogP) is 3.13.